The molecule has 8 nitrogen and oxygen atoms in total. The summed E-state index contributed by atoms with van der Waals surface area (Å²) in [4.78, 5) is 23.0. The average molecular weight is 820 g/mol. The van der Waals surface area contributed by atoms with E-state index in [2.05, 4.69) is 79.9 Å². The van der Waals surface area contributed by atoms with E-state index in [1.54, 1.807) is 6.08 Å². The van der Waals surface area contributed by atoms with Crippen LogP contribution in [0, 0.1) is 0 Å². The Morgan fingerprint density at radius 2 is 1.05 bits per heavy atom. The molecule has 0 aromatic carbocycles. The molecule has 0 spiro atoms. The van der Waals surface area contributed by atoms with E-state index >= 15 is 0 Å². The molecule has 0 radical (unpaired) electrons. The second-order valence-corrected chi connectivity index (χ2v) is 17.9. The molecule has 3 N–H and O–H groups in total. The van der Waals surface area contributed by atoms with E-state index in [4.69, 9.17) is 9.05 Å². The van der Waals surface area contributed by atoms with Gasteiger partial charge in [-0.25, -0.2) is 4.57 Å². The van der Waals surface area contributed by atoms with Gasteiger partial charge in [0, 0.05) is 6.42 Å². The van der Waals surface area contributed by atoms with Crippen molar-refractivity contribution >= 4 is 13.7 Å². The minimum absolute atomic E-state index is 0.0575. The third kappa shape index (κ3) is 41.9. The summed E-state index contributed by atoms with van der Waals surface area (Å²) < 4.78 is 23.5. The fraction of sp³-hybridized carbons (Fsp3) is 0.729. The van der Waals surface area contributed by atoms with Crippen molar-refractivity contribution in [1.82, 2.24) is 5.32 Å². The Morgan fingerprint density at radius 1 is 0.614 bits per heavy atom. The highest BCUT2D eigenvalue weighted by atomic mass is 31.2. The van der Waals surface area contributed by atoms with E-state index in [0.29, 0.717) is 17.4 Å². The molecular formula is C48H88N2O6P+. The predicted octanol–water partition coefficient (Wildman–Crippen LogP) is 12.8. The summed E-state index contributed by atoms with van der Waals surface area (Å²) >= 11 is 0. The number of nitrogens with zero attached hydrogens (tertiary/aromatic N) is 1. The Labute approximate surface area is 351 Å². The van der Waals surface area contributed by atoms with Crippen LogP contribution in [0.15, 0.2) is 72.9 Å². The fourth-order valence-electron chi connectivity index (χ4n) is 6.07. The molecule has 330 valence electrons. The zero-order chi connectivity index (χ0) is 42.1. The number of likely N-dealkylation sites (N-methyl/N-ethyl adjacent to an activating group) is 1. The molecule has 57 heavy (non-hydrogen) atoms. The predicted molar refractivity (Wildman–Crippen MR) is 244 cm³/mol. The SMILES string of the molecule is CC/C=C\C/C=C\C/C=C\C/C=C\C/C=C\CCCCCCCCCCCCCC(=O)NC(COP(=O)(O)OCC[N+](C)(C)C)C(O)/C=C/CCCCCCCC. The molecule has 0 saturated heterocycles. The van der Waals surface area contributed by atoms with E-state index in [-0.39, 0.29) is 19.1 Å². The summed E-state index contributed by atoms with van der Waals surface area (Å²) in [6.45, 7) is 4.63. The van der Waals surface area contributed by atoms with Gasteiger partial charge in [-0.15, -0.1) is 0 Å². The van der Waals surface area contributed by atoms with Crippen LogP contribution in [0.25, 0.3) is 0 Å². The maximum absolute atomic E-state index is 12.8. The van der Waals surface area contributed by atoms with Crippen molar-refractivity contribution in [2.45, 2.75) is 187 Å². The molecule has 3 atom stereocenters. The number of nitrogens with one attached hydrogen (secondary N) is 1. The number of hydrogen-bond donors (Lipinski definition) is 3. The Bertz CT molecular complexity index is 1160. The number of carbonyl (C=O) groups excluding carboxylic acids is 1. The number of phosphoric ester groups is 1. The van der Waals surface area contributed by atoms with Crippen LogP contribution in [0.3, 0.4) is 0 Å². The number of amides is 1. The number of unbranched alkanes of at least 4 members (excludes halogenated alkanes) is 17. The van der Waals surface area contributed by atoms with Crippen LogP contribution in [0.4, 0.5) is 0 Å². The van der Waals surface area contributed by atoms with Crippen LogP contribution in [0.2, 0.25) is 0 Å². The Balaban J connectivity index is 4.15. The van der Waals surface area contributed by atoms with Gasteiger partial charge in [-0.3, -0.25) is 13.8 Å². The molecule has 0 heterocycles. The number of rotatable bonds is 40. The lowest BCUT2D eigenvalue weighted by molar-refractivity contribution is -0.870. The van der Waals surface area contributed by atoms with Crippen molar-refractivity contribution in [1.29, 1.82) is 0 Å². The van der Waals surface area contributed by atoms with Crippen LogP contribution in [0.5, 0.6) is 0 Å². The van der Waals surface area contributed by atoms with Gasteiger partial charge in [0.15, 0.2) is 0 Å². The van der Waals surface area contributed by atoms with Gasteiger partial charge in [0.05, 0.1) is 39.9 Å². The van der Waals surface area contributed by atoms with Crippen LogP contribution < -0.4 is 5.32 Å². The maximum atomic E-state index is 12.8. The molecule has 0 saturated carbocycles. The third-order valence-electron chi connectivity index (χ3n) is 9.68. The number of aliphatic hydroxyl groups excluding tert-OH is 1. The minimum Gasteiger partial charge on any atom is -0.387 e. The zero-order valence-electron chi connectivity index (χ0n) is 37.3. The van der Waals surface area contributed by atoms with Gasteiger partial charge in [0.25, 0.3) is 0 Å². The van der Waals surface area contributed by atoms with Crippen LogP contribution in [-0.2, 0) is 18.4 Å². The molecule has 1 amide bonds. The molecule has 0 bridgehead atoms. The smallest absolute Gasteiger partial charge is 0.387 e. The van der Waals surface area contributed by atoms with E-state index in [9.17, 15) is 19.4 Å². The number of allylic oxidation sites excluding steroid dienone is 11. The Morgan fingerprint density at radius 3 is 1.54 bits per heavy atom. The highest BCUT2D eigenvalue weighted by Gasteiger charge is 2.27. The molecule has 0 fully saturated rings. The van der Waals surface area contributed by atoms with Gasteiger partial charge in [0.2, 0.25) is 5.91 Å². The first kappa shape index (κ1) is 54.9. The van der Waals surface area contributed by atoms with Gasteiger partial charge < -0.3 is 19.8 Å². The quantitative estimate of drug-likeness (QED) is 0.0246. The highest BCUT2D eigenvalue weighted by molar-refractivity contribution is 7.47. The molecule has 0 aliphatic carbocycles. The summed E-state index contributed by atoms with van der Waals surface area (Å²) in [6.07, 6.45) is 52.8. The first-order valence-electron chi connectivity index (χ1n) is 22.8. The van der Waals surface area contributed by atoms with Crippen molar-refractivity contribution in [2.24, 2.45) is 0 Å². The van der Waals surface area contributed by atoms with Gasteiger partial charge >= 0.3 is 7.82 Å². The van der Waals surface area contributed by atoms with Gasteiger partial charge in [-0.1, -0.05) is 177 Å². The van der Waals surface area contributed by atoms with Gasteiger partial charge in [-0.2, -0.15) is 0 Å². The average Bonchev–Trinajstić information content (AvgIpc) is 3.16. The lowest BCUT2D eigenvalue weighted by Crippen LogP contribution is -2.45. The van der Waals surface area contributed by atoms with Crippen molar-refractivity contribution in [2.75, 3.05) is 40.9 Å². The van der Waals surface area contributed by atoms with Gasteiger partial charge in [0.1, 0.15) is 13.2 Å². The number of carbonyl (C=O) groups is 1. The lowest BCUT2D eigenvalue weighted by Gasteiger charge is -2.25. The lowest BCUT2D eigenvalue weighted by atomic mass is 10.0. The topological polar surface area (TPSA) is 105 Å². The molecular weight excluding hydrogens is 732 g/mol. The van der Waals surface area contributed by atoms with Crippen molar-refractivity contribution in [3.63, 3.8) is 0 Å². The van der Waals surface area contributed by atoms with E-state index < -0.39 is 20.0 Å². The third-order valence-corrected chi connectivity index (χ3v) is 10.7. The number of aliphatic hydroxyl groups is 1. The van der Waals surface area contributed by atoms with Crippen molar-refractivity contribution < 1.29 is 32.9 Å². The molecule has 0 aliphatic rings. The Hall–Kier alpha value is -2.06. The maximum Gasteiger partial charge on any atom is 0.472 e. The van der Waals surface area contributed by atoms with E-state index in [1.807, 2.05) is 27.2 Å². The minimum atomic E-state index is -4.33. The fourth-order valence-corrected chi connectivity index (χ4v) is 6.80. The summed E-state index contributed by atoms with van der Waals surface area (Å²) in [7, 11) is 1.56. The van der Waals surface area contributed by atoms with E-state index in [1.165, 1.54) is 83.5 Å². The summed E-state index contributed by atoms with van der Waals surface area (Å²) in [5, 5.41) is 13.7. The second kappa shape index (κ2) is 39.4. The largest absolute Gasteiger partial charge is 0.472 e. The first-order chi connectivity index (χ1) is 27.5. The second-order valence-electron chi connectivity index (χ2n) is 16.4. The number of quaternary nitrogens is 1. The normalized spacial score (nSPS) is 15.0. The molecule has 0 aromatic rings. The highest BCUT2D eigenvalue weighted by Crippen LogP contribution is 2.43. The van der Waals surface area contributed by atoms with Crippen molar-refractivity contribution in [3.05, 3.63) is 72.9 Å². The molecule has 0 rings (SSSR count). The monoisotopic (exact) mass is 820 g/mol. The van der Waals surface area contributed by atoms with Crippen LogP contribution in [-0.4, -0.2) is 73.4 Å². The standard InChI is InChI=1S/C48H87N2O6P/c1-6-8-10-12-14-16-17-18-19-20-21-22-23-24-25-26-27-28-29-30-31-32-33-34-36-38-40-42-48(52)49-46(45-56-57(53,54)55-44-43-50(3,4)5)47(51)41-39-37-35-15-13-11-9-7-2/h8,10,14,16,18-19,21-22,24-25,39,41,46-47,51H,6-7,9,11-13,15,17,20,23,26-38,40,42-45H2,1-5H3,(H-,49,52,53,54)/p+1/b10-8-,16-14-,19-18-,22-21-,25-24-,41-39+. The first-order valence-corrected chi connectivity index (χ1v) is 24.3. The van der Waals surface area contributed by atoms with Crippen molar-refractivity contribution in [3.8, 4) is 0 Å². The molecule has 3 unspecified atom stereocenters. The summed E-state index contributed by atoms with van der Waals surface area (Å²) in [6, 6.07) is -0.848. The summed E-state index contributed by atoms with van der Waals surface area (Å²) in [5.41, 5.74) is 0. The zero-order valence-corrected chi connectivity index (χ0v) is 38.2. The summed E-state index contributed by atoms with van der Waals surface area (Å²) in [5.74, 6) is -0.188. The van der Waals surface area contributed by atoms with Crippen LogP contribution >= 0.6 is 7.82 Å². The van der Waals surface area contributed by atoms with Crippen LogP contribution in [0.1, 0.15) is 174 Å². The Kier molecular flexibility index (Phi) is 38.0. The molecule has 0 aromatic heterocycles. The molecule has 9 heteroatoms. The van der Waals surface area contributed by atoms with Gasteiger partial charge in [-0.05, 0) is 64.2 Å². The molecule has 0 aliphatic heterocycles. The van der Waals surface area contributed by atoms with E-state index in [0.717, 1.165) is 70.6 Å². The number of phosphoric acid groups is 1. The number of hydrogen-bond acceptors (Lipinski definition) is 5.